The lowest BCUT2D eigenvalue weighted by Crippen LogP contribution is -2.49. The summed E-state index contributed by atoms with van der Waals surface area (Å²) < 4.78 is 16.3. The fourth-order valence-corrected chi connectivity index (χ4v) is 3.56. The van der Waals surface area contributed by atoms with Crippen LogP contribution in [0.25, 0.3) is 0 Å². The zero-order valence-corrected chi connectivity index (χ0v) is 15.3. The van der Waals surface area contributed by atoms with Crippen molar-refractivity contribution in [3.8, 4) is 0 Å². The van der Waals surface area contributed by atoms with Crippen LogP contribution in [-0.4, -0.2) is 74.7 Å². The van der Waals surface area contributed by atoms with Crippen molar-refractivity contribution in [3.05, 3.63) is 0 Å². The van der Waals surface area contributed by atoms with Crippen LogP contribution in [0.3, 0.4) is 0 Å². The Bertz CT molecular complexity index is 391. The number of carbonyl (C=O) groups is 1. The Morgan fingerprint density at radius 3 is 2.54 bits per heavy atom. The standard InChI is InChI=1S/C18H33NO5/c1-14(2)24-11-10-23-13-16(20)12-19(3)17(21)18(15-4-5-15)6-8-22-9-7-18/h14-16,20H,4-13H2,1-3H3. The van der Waals surface area contributed by atoms with E-state index in [1.54, 1.807) is 11.9 Å². The highest BCUT2D eigenvalue weighted by molar-refractivity contribution is 5.83. The number of amides is 1. The van der Waals surface area contributed by atoms with Crippen molar-refractivity contribution < 1.29 is 24.1 Å². The minimum atomic E-state index is -0.672. The van der Waals surface area contributed by atoms with E-state index in [1.807, 2.05) is 13.8 Å². The van der Waals surface area contributed by atoms with E-state index in [9.17, 15) is 9.90 Å². The molecule has 0 bridgehead atoms. The summed E-state index contributed by atoms with van der Waals surface area (Å²) in [6, 6.07) is 0. The average molecular weight is 343 g/mol. The number of likely N-dealkylation sites (N-methyl/N-ethyl adjacent to an activating group) is 1. The third-order valence-corrected chi connectivity index (χ3v) is 4.99. The monoisotopic (exact) mass is 343 g/mol. The Labute approximate surface area is 145 Å². The molecule has 140 valence electrons. The maximum absolute atomic E-state index is 13.0. The van der Waals surface area contributed by atoms with E-state index in [2.05, 4.69) is 0 Å². The molecule has 2 rings (SSSR count). The molecule has 24 heavy (non-hydrogen) atoms. The highest BCUT2D eigenvalue weighted by Gasteiger charge is 2.52. The van der Waals surface area contributed by atoms with Gasteiger partial charge < -0.3 is 24.2 Å². The minimum absolute atomic E-state index is 0.162. The number of nitrogens with zero attached hydrogens (tertiary/aromatic N) is 1. The first-order valence-corrected chi connectivity index (χ1v) is 9.16. The highest BCUT2D eigenvalue weighted by atomic mass is 16.5. The summed E-state index contributed by atoms with van der Waals surface area (Å²) in [5.41, 5.74) is -0.265. The van der Waals surface area contributed by atoms with Crippen molar-refractivity contribution >= 4 is 5.91 Å². The summed E-state index contributed by atoms with van der Waals surface area (Å²) in [7, 11) is 1.78. The van der Waals surface area contributed by atoms with E-state index in [0.29, 0.717) is 38.9 Å². The van der Waals surface area contributed by atoms with Gasteiger partial charge in [-0.3, -0.25) is 4.79 Å². The zero-order chi connectivity index (χ0) is 17.6. The highest BCUT2D eigenvalue weighted by Crippen LogP contribution is 2.52. The van der Waals surface area contributed by atoms with Crippen molar-refractivity contribution in [2.24, 2.45) is 11.3 Å². The third kappa shape index (κ3) is 5.41. The number of ether oxygens (including phenoxy) is 3. The predicted octanol–water partition coefficient (Wildman–Crippen LogP) is 1.45. The fraction of sp³-hybridized carbons (Fsp3) is 0.944. The van der Waals surface area contributed by atoms with Gasteiger partial charge in [0, 0.05) is 26.8 Å². The topological polar surface area (TPSA) is 68.2 Å². The van der Waals surface area contributed by atoms with Crippen molar-refractivity contribution in [3.63, 3.8) is 0 Å². The van der Waals surface area contributed by atoms with Crippen LogP contribution >= 0.6 is 0 Å². The summed E-state index contributed by atoms with van der Waals surface area (Å²) in [6.07, 6.45) is 3.40. The van der Waals surface area contributed by atoms with Crippen LogP contribution in [0.15, 0.2) is 0 Å². The van der Waals surface area contributed by atoms with Gasteiger partial charge in [0.1, 0.15) is 0 Å². The first kappa shape index (κ1) is 19.6. The molecule has 1 unspecified atom stereocenters. The van der Waals surface area contributed by atoms with Gasteiger partial charge in [-0.1, -0.05) is 0 Å². The Balaban J connectivity index is 1.74. The summed E-state index contributed by atoms with van der Waals surface area (Å²) in [4.78, 5) is 14.7. The molecule has 0 aromatic heterocycles. The van der Waals surface area contributed by atoms with Gasteiger partial charge >= 0.3 is 0 Å². The molecule has 0 spiro atoms. The number of hydrogen-bond donors (Lipinski definition) is 1. The Hall–Kier alpha value is -0.690. The molecule has 6 nitrogen and oxygen atoms in total. The van der Waals surface area contributed by atoms with E-state index < -0.39 is 6.10 Å². The molecule has 0 aromatic rings. The van der Waals surface area contributed by atoms with Crippen LogP contribution in [0.4, 0.5) is 0 Å². The van der Waals surface area contributed by atoms with Gasteiger partial charge in [-0.25, -0.2) is 0 Å². The number of carbonyl (C=O) groups excluding carboxylic acids is 1. The zero-order valence-electron chi connectivity index (χ0n) is 15.3. The first-order valence-electron chi connectivity index (χ1n) is 9.16. The van der Waals surface area contributed by atoms with Gasteiger partial charge in [0.15, 0.2) is 0 Å². The predicted molar refractivity (Wildman–Crippen MR) is 90.8 cm³/mol. The van der Waals surface area contributed by atoms with Crippen LogP contribution in [0, 0.1) is 11.3 Å². The summed E-state index contributed by atoms with van der Waals surface area (Å²) in [5, 5.41) is 10.1. The second-order valence-electron chi connectivity index (χ2n) is 7.38. The van der Waals surface area contributed by atoms with Crippen molar-refractivity contribution in [2.45, 2.75) is 51.7 Å². The smallest absolute Gasteiger partial charge is 0.229 e. The van der Waals surface area contributed by atoms with Crippen molar-refractivity contribution in [2.75, 3.05) is 46.6 Å². The maximum atomic E-state index is 13.0. The van der Waals surface area contributed by atoms with Crippen molar-refractivity contribution in [1.29, 1.82) is 0 Å². The number of aliphatic hydroxyl groups is 1. The van der Waals surface area contributed by atoms with E-state index in [1.165, 1.54) is 0 Å². The van der Waals surface area contributed by atoms with E-state index >= 15 is 0 Å². The number of hydrogen-bond acceptors (Lipinski definition) is 5. The van der Waals surface area contributed by atoms with Gasteiger partial charge in [0.2, 0.25) is 5.91 Å². The van der Waals surface area contributed by atoms with Gasteiger partial charge in [0.05, 0.1) is 37.4 Å². The minimum Gasteiger partial charge on any atom is -0.389 e. The fourth-order valence-electron chi connectivity index (χ4n) is 3.56. The molecule has 0 aromatic carbocycles. The normalized spacial score (nSPS) is 21.7. The lowest BCUT2D eigenvalue weighted by atomic mass is 9.74. The van der Waals surface area contributed by atoms with Gasteiger partial charge in [-0.05, 0) is 45.4 Å². The van der Waals surface area contributed by atoms with Crippen LogP contribution < -0.4 is 0 Å². The summed E-state index contributed by atoms with van der Waals surface area (Å²) >= 11 is 0. The van der Waals surface area contributed by atoms with Gasteiger partial charge in [-0.2, -0.15) is 0 Å². The second-order valence-corrected chi connectivity index (χ2v) is 7.38. The molecule has 0 radical (unpaired) electrons. The summed E-state index contributed by atoms with van der Waals surface area (Å²) in [6.45, 7) is 6.77. The molecule has 1 aliphatic heterocycles. The van der Waals surface area contributed by atoms with Gasteiger partial charge in [0.25, 0.3) is 0 Å². The average Bonchev–Trinajstić information content (AvgIpc) is 3.39. The molecular weight excluding hydrogens is 310 g/mol. The summed E-state index contributed by atoms with van der Waals surface area (Å²) in [5.74, 6) is 0.661. The van der Waals surface area contributed by atoms with E-state index in [0.717, 1.165) is 25.7 Å². The first-order chi connectivity index (χ1) is 11.5. The molecule has 6 heteroatoms. The molecule has 2 aliphatic rings. The van der Waals surface area contributed by atoms with E-state index in [-0.39, 0.29) is 24.0 Å². The Morgan fingerprint density at radius 2 is 1.96 bits per heavy atom. The largest absolute Gasteiger partial charge is 0.389 e. The third-order valence-electron chi connectivity index (χ3n) is 4.99. The lowest BCUT2D eigenvalue weighted by Gasteiger charge is -2.39. The van der Waals surface area contributed by atoms with E-state index in [4.69, 9.17) is 14.2 Å². The maximum Gasteiger partial charge on any atom is 0.229 e. The SMILES string of the molecule is CC(C)OCCOCC(O)CN(C)C(=O)C1(C2CC2)CCOCC1. The molecule has 1 N–H and O–H groups in total. The molecule has 1 amide bonds. The van der Waals surface area contributed by atoms with Crippen LogP contribution in [0.5, 0.6) is 0 Å². The molecule has 1 saturated carbocycles. The van der Waals surface area contributed by atoms with Crippen LogP contribution in [0.1, 0.15) is 39.5 Å². The molecule has 1 atom stereocenters. The quantitative estimate of drug-likeness (QED) is 0.608. The Morgan fingerprint density at radius 1 is 1.29 bits per heavy atom. The number of rotatable bonds is 10. The van der Waals surface area contributed by atoms with Crippen LogP contribution in [0.2, 0.25) is 0 Å². The van der Waals surface area contributed by atoms with Crippen molar-refractivity contribution in [1.82, 2.24) is 4.90 Å². The molecule has 1 aliphatic carbocycles. The second kappa shape index (κ2) is 9.13. The molecule has 1 saturated heterocycles. The van der Waals surface area contributed by atoms with Crippen LogP contribution in [-0.2, 0) is 19.0 Å². The van der Waals surface area contributed by atoms with Gasteiger partial charge in [-0.15, -0.1) is 0 Å². The number of aliphatic hydroxyl groups excluding tert-OH is 1. The lowest BCUT2D eigenvalue weighted by molar-refractivity contribution is -0.150. The molecule has 1 heterocycles. The molecule has 2 fully saturated rings. The molecular formula is C18H33NO5. The Kier molecular flexibility index (Phi) is 7.47.